The van der Waals surface area contributed by atoms with Gasteiger partial charge < -0.3 is 14.9 Å². The summed E-state index contributed by atoms with van der Waals surface area (Å²) in [5.74, 6) is -2.14. The molecule has 0 bridgehead atoms. The number of H-pyrrole nitrogens is 1. The third kappa shape index (κ3) is 3.78. The molecule has 2 atom stereocenters. The maximum absolute atomic E-state index is 11.5. The SMILES string of the molecule is CC(CC(C)C(=O)O)NC(=O)c1cc(=O)[nH]o1. The Morgan fingerprint density at radius 2 is 2.18 bits per heavy atom. The molecule has 1 rings (SSSR count). The van der Waals surface area contributed by atoms with Gasteiger partial charge in [-0.25, -0.2) is 0 Å². The van der Waals surface area contributed by atoms with Crippen LogP contribution in [0.5, 0.6) is 0 Å². The summed E-state index contributed by atoms with van der Waals surface area (Å²) in [6.07, 6.45) is 0.301. The van der Waals surface area contributed by atoms with Crippen molar-refractivity contribution in [1.82, 2.24) is 10.5 Å². The number of nitrogens with one attached hydrogen (secondary N) is 2. The summed E-state index contributed by atoms with van der Waals surface area (Å²) < 4.78 is 4.61. The van der Waals surface area contributed by atoms with Crippen molar-refractivity contribution in [3.63, 3.8) is 0 Å². The average Bonchev–Trinajstić information content (AvgIpc) is 2.64. The molecule has 94 valence electrons. The Balaban J connectivity index is 2.52. The fourth-order valence-electron chi connectivity index (χ4n) is 1.38. The molecule has 0 fully saturated rings. The van der Waals surface area contributed by atoms with E-state index in [1.54, 1.807) is 13.8 Å². The number of carbonyl (C=O) groups is 2. The molecule has 0 aromatic carbocycles. The van der Waals surface area contributed by atoms with Crippen molar-refractivity contribution in [2.75, 3.05) is 0 Å². The number of carboxylic acid groups (broad SMARTS) is 1. The average molecular weight is 242 g/mol. The van der Waals surface area contributed by atoms with Crippen LogP contribution < -0.4 is 10.9 Å². The van der Waals surface area contributed by atoms with Crippen LogP contribution in [0.1, 0.15) is 30.8 Å². The lowest BCUT2D eigenvalue weighted by atomic mass is 10.0. The van der Waals surface area contributed by atoms with E-state index in [-0.39, 0.29) is 11.8 Å². The molecular formula is C10H14N2O5. The molecule has 1 aromatic heterocycles. The van der Waals surface area contributed by atoms with Crippen molar-refractivity contribution in [3.8, 4) is 0 Å². The van der Waals surface area contributed by atoms with Gasteiger partial charge in [0.1, 0.15) is 0 Å². The highest BCUT2D eigenvalue weighted by atomic mass is 16.5. The molecule has 1 aromatic rings. The number of hydrogen-bond acceptors (Lipinski definition) is 4. The van der Waals surface area contributed by atoms with Crippen molar-refractivity contribution in [3.05, 3.63) is 22.2 Å². The molecular weight excluding hydrogens is 228 g/mol. The minimum Gasteiger partial charge on any atom is -0.481 e. The molecule has 0 aliphatic heterocycles. The Hall–Kier alpha value is -2.05. The largest absolute Gasteiger partial charge is 0.481 e. The van der Waals surface area contributed by atoms with Crippen LogP contribution in [0.2, 0.25) is 0 Å². The highest BCUT2D eigenvalue weighted by Crippen LogP contribution is 2.06. The van der Waals surface area contributed by atoms with E-state index in [1.807, 2.05) is 5.16 Å². The second-order valence-corrected chi connectivity index (χ2v) is 3.93. The molecule has 7 nitrogen and oxygen atoms in total. The van der Waals surface area contributed by atoms with Crippen molar-refractivity contribution < 1.29 is 19.2 Å². The van der Waals surface area contributed by atoms with Gasteiger partial charge in [0, 0.05) is 6.04 Å². The number of amides is 1. The Labute approximate surface area is 96.8 Å². The lowest BCUT2D eigenvalue weighted by molar-refractivity contribution is -0.141. The number of aliphatic carboxylic acids is 1. The zero-order valence-electron chi connectivity index (χ0n) is 9.52. The van der Waals surface area contributed by atoms with E-state index in [1.165, 1.54) is 0 Å². The standard InChI is InChI=1S/C10H14N2O5/c1-5(10(15)16)3-6(2)11-9(14)7-4-8(13)12-17-7/h4-6H,3H2,1-2H3,(H,11,14)(H,12,13)(H,15,16). The molecule has 0 radical (unpaired) electrons. The predicted molar refractivity (Wildman–Crippen MR) is 57.7 cm³/mol. The van der Waals surface area contributed by atoms with Crippen LogP contribution in [-0.4, -0.2) is 28.2 Å². The Kier molecular flexibility index (Phi) is 4.08. The Morgan fingerprint density at radius 1 is 1.53 bits per heavy atom. The van der Waals surface area contributed by atoms with E-state index in [0.29, 0.717) is 6.42 Å². The van der Waals surface area contributed by atoms with Crippen LogP contribution in [0.3, 0.4) is 0 Å². The van der Waals surface area contributed by atoms with Crippen LogP contribution >= 0.6 is 0 Å². The number of carboxylic acids is 1. The topological polar surface area (TPSA) is 112 Å². The van der Waals surface area contributed by atoms with Crippen molar-refractivity contribution in [2.45, 2.75) is 26.3 Å². The first-order valence-electron chi connectivity index (χ1n) is 5.12. The zero-order chi connectivity index (χ0) is 13.0. The molecule has 7 heteroatoms. The second-order valence-electron chi connectivity index (χ2n) is 3.93. The van der Waals surface area contributed by atoms with Crippen molar-refractivity contribution in [2.24, 2.45) is 5.92 Å². The molecule has 0 aliphatic carbocycles. The molecule has 1 amide bonds. The van der Waals surface area contributed by atoms with Crippen LogP contribution in [0.4, 0.5) is 0 Å². The van der Waals surface area contributed by atoms with Gasteiger partial charge in [0.25, 0.3) is 11.5 Å². The molecule has 1 heterocycles. The van der Waals surface area contributed by atoms with Crippen molar-refractivity contribution >= 4 is 11.9 Å². The molecule has 0 aliphatic rings. The summed E-state index contributed by atoms with van der Waals surface area (Å²) in [6.45, 7) is 3.24. The zero-order valence-corrected chi connectivity index (χ0v) is 9.52. The first-order valence-corrected chi connectivity index (χ1v) is 5.12. The van der Waals surface area contributed by atoms with Gasteiger partial charge in [-0.2, -0.15) is 5.16 Å². The van der Waals surface area contributed by atoms with E-state index in [9.17, 15) is 14.4 Å². The summed E-state index contributed by atoms with van der Waals surface area (Å²) in [5.41, 5.74) is -0.498. The summed E-state index contributed by atoms with van der Waals surface area (Å²) in [6, 6.07) is 0.705. The molecule has 17 heavy (non-hydrogen) atoms. The van der Waals surface area contributed by atoms with Crippen LogP contribution in [0.25, 0.3) is 0 Å². The molecule has 0 spiro atoms. The smallest absolute Gasteiger partial charge is 0.306 e. The molecule has 3 N–H and O–H groups in total. The highest BCUT2D eigenvalue weighted by Gasteiger charge is 2.18. The van der Waals surface area contributed by atoms with Gasteiger partial charge in [-0.05, 0) is 13.3 Å². The van der Waals surface area contributed by atoms with Crippen LogP contribution in [0.15, 0.2) is 15.4 Å². The van der Waals surface area contributed by atoms with E-state index >= 15 is 0 Å². The number of aromatic amines is 1. The lowest BCUT2D eigenvalue weighted by Crippen LogP contribution is -2.34. The minimum atomic E-state index is -0.917. The Morgan fingerprint density at radius 3 is 2.65 bits per heavy atom. The van der Waals surface area contributed by atoms with E-state index in [2.05, 4.69) is 9.84 Å². The van der Waals surface area contributed by atoms with E-state index in [0.717, 1.165) is 6.07 Å². The van der Waals surface area contributed by atoms with Gasteiger partial charge in [0.15, 0.2) is 0 Å². The summed E-state index contributed by atoms with van der Waals surface area (Å²) in [5, 5.41) is 13.2. The predicted octanol–water partition coefficient (Wildman–Crippen LogP) is 0.197. The van der Waals surface area contributed by atoms with Gasteiger partial charge in [0.05, 0.1) is 12.0 Å². The quantitative estimate of drug-likeness (QED) is 0.682. The third-order valence-corrected chi connectivity index (χ3v) is 2.25. The summed E-state index contributed by atoms with van der Waals surface area (Å²) in [4.78, 5) is 32.9. The monoisotopic (exact) mass is 242 g/mol. The molecule has 0 saturated carbocycles. The first kappa shape index (κ1) is 13.0. The minimum absolute atomic E-state index is 0.121. The summed E-state index contributed by atoms with van der Waals surface area (Å²) in [7, 11) is 0. The summed E-state index contributed by atoms with van der Waals surface area (Å²) >= 11 is 0. The number of carbonyl (C=O) groups excluding carboxylic acids is 1. The lowest BCUT2D eigenvalue weighted by Gasteiger charge is -2.14. The first-order chi connectivity index (χ1) is 7.90. The second kappa shape index (κ2) is 5.33. The van der Waals surface area contributed by atoms with Gasteiger partial charge in [0.2, 0.25) is 5.76 Å². The van der Waals surface area contributed by atoms with Gasteiger partial charge in [-0.3, -0.25) is 14.4 Å². The maximum Gasteiger partial charge on any atom is 0.306 e. The highest BCUT2D eigenvalue weighted by molar-refractivity contribution is 5.91. The molecule has 0 saturated heterocycles. The van der Waals surface area contributed by atoms with E-state index < -0.39 is 23.4 Å². The molecule has 2 unspecified atom stereocenters. The number of rotatable bonds is 5. The van der Waals surface area contributed by atoms with Gasteiger partial charge >= 0.3 is 5.97 Å². The van der Waals surface area contributed by atoms with Gasteiger partial charge in [-0.15, -0.1) is 0 Å². The van der Waals surface area contributed by atoms with E-state index in [4.69, 9.17) is 5.11 Å². The van der Waals surface area contributed by atoms with Crippen LogP contribution in [-0.2, 0) is 4.79 Å². The Bertz CT molecular complexity index is 461. The van der Waals surface area contributed by atoms with Gasteiger partial charge in [-0.1, -0.05) is 6.92 Å². The fraction of sp³-hybridized carbons (Fsp3) is 0.500. The van der Waals surface area contributed by atoms with Crippen molar-refractivity contribution in [1.29, 1.82) is 0 Å². The maximum atomic E-state index is 11.5. The fourth-order valence-corrected chi connectivity index (χ4v) is 1.38. The number of aromatic nitrogens is 1. The van der Waals surface area contributed by atoms with Crippen LogP contribution in [0, 0.1) is 5.92 Å². The third-order valence-electron chi connectivity index (χ3n) is 2.25. The normalized spacial score (nSPS) is 14.0. The number of hydrogen-bond donors (Lipinski definition) is 3.